The number of ether oxygens (including phenoxy) is 1. The molecule has 1 saturated carbocycles. The Balaban J connectivity index is 2.13. The quantitative estimate of drug-likeness (QED) is 0.895. The van der Waals surface area contributed by atoms with E-state index in [-0.39, 0.29) is 23.6 Å². The van der Waals surface area contributed by atoms with Gasteiger partial charge in [0.25, 0.3) is 5.91 Å². The van der Waals surface area contributed by atoms with E-state index in [9.17, 15) is 18.4 Å². The highest BCUT2D eigenvalue weighted by molar-refractivity contribution is 6.09. The minimum atomic E-state index is -1.61. The lowest BCUT2D eigenvalue weighted by molar-refractivity contribution is -0.143. The summed E-state index contributed by atoms with van der Waals surface area (Å²) in [4.78, 5) is 25.4. The lowest BCUT2D eigenvalue weighted by Gasteiger charge is -2.30. The third kappa shape index (κ3) is 2.47. The summed E-state index contributed by atoms with van der Waals surface area (Å²) >= 11 is 0. The van der Waals surface area contributed by atoms with Crippen molar-refractivity contribution in [3.63, 3.8) is 0 Å². The van der Waals surface area contributed by atoms with Crippen LogP contribution in [0, 0.1) is 17.6 Å². The highest BCUT2D eigenvalue weighted by Gasteiger charge is 2.55. The largest absolute Gasteiger partial charge is 0.368 e. The fraction of sp³-hybridized carbons (Fsp3) is 0.529. The summed E-state index contributed by atoms with van der Waals surface area (Å²) in [5, 5.41) is 0. The minimum absolute atomic E-state index is 0.122. The van der Waals surface area contributed by atoms with Gasteiger partial charge in [-0.15, -0.1) is 0 Å². The summed E-state index contributed by atoms with van der Waals surface area (Å²) in [7, 11) is 1.31. The summed E-state index contributed by atoms with van der Waals surface area (Å²) in [5.41, 5.74) is 3.63. The molecule has 0 saturated heterocycles. The van der Waals surface area contributed by atoms with E-state index in [1.807, 2.05) is 0 Å². The average Bonchev–Trinajstić information content (AvgIpc) is 3.12. The Morgan fingerprint density at radius 3 is 2.62 bits per heavy atom. The van der Waals surface area contributed by atoms with Gasteiger partial charge in [-0.05, 0) is 24.5 Å². The molecule has 1 aliphatic carbocycles. The van der Waals surface area contributed by atoms with Crippen molar-refractivity contribution in [1.29, 1.82) is 0 Å². The molecule has 0 unspecified atom stereocenters. The van der Waals surface area contributed by atoms with Crippen molar-refractivity contribution in [2.24, 2.45) is 11.7 Å². The van der Waals surface area contributed by atoms with Crippen LogP contribution in [0.4, 0.5) is 14.5 Å². The second-order valence-corrected chi connectivity index (χ2v) is 6.50. The molecular weight excluding hydrogens is 318 g/mol. The van der Waals surface area contributed by atoms with Crippen molar-refractivity contribution in [2.75, 3.05) is 18.6 Å². The number of amides is 2. The Morgan fingerprint density at radius 1 is 1.38 bits per heavy atom. The number of benzene rings is 1. The highest BCUT2D eigenvalue weighted by atomic mass is 19.2. The number of methoxy groups -OCH3 is 1. The van der Waals surface area contributed by atoms with Gasteiger partial charge in [0, 0.05) is 7.11 Å². The van der Waals surface area contributed by atoms with E-state index in [1.54, 1.807) is 0 Å². The zero-order valence-corrected chi connectivity index (χ0v) is 13.5. The van der Waals surface area contributed by atoms with Crippen molar-refractivity contribution in [3.8, 4) is 0 Å². The second kappa shape index (κ2) is 6.12. The molecule has 0 aromatic heterocycles. The Morgan fingerprint density at radius 2 is 2.04 bits per heavy atom. The van der Waals surface area contributed by atoms with E-state index in [0.717, 1.165) is 36.6 Å². The first-order valence-electron chi connectivity index (χ1n) is 8.04. The maximum Gasteiger partial charge on any atom is 0.264 e. The van der Waals surface area contributed by atoms with Gasteiger partial charge in [0.2, 0.25) is 5.91 Å². The maximum absolute atomic E-state index is 14.6. The van der Waals surface area contributed by atoms with Gasteiger partial charge in [-0.3, -0.25) is 14.5 Å². The molecule has 5 nitrogen and oxygen atoms in total. The van der Waals surface area contributed by atoms with E-state index in [1.165, 1.54) is 13.2 Å². The molecule has 1 fully saturated rings. The van der Waals surface area contributed by atoms with Crippen LogP contribution in [0.25, 0.3) is 0 Å². The predicted octanol–water partition coefficient (Wildman–Crippen LogP) is 2.22. The summed E-state index contributed by atoms with van der Waals surface area (Å²) in [6.07, 6.45) is 4.19. The molecule has 130 valence electrons. The highest BCUT2D eigenvalue weighted by Crippen LogP contribution is 2.49. The average molecular weight is 338 g/mol. The third-order valence-corrected chi connectivity index (χ3v) is 5.07. The SMILES string of the molecule is CO[C@]1(CC2CCCC2)C(=O)N(CC(N)=O)c2ccc(F)c(F)c21. The normalized spacial score (nSPS) is 23.8. The summed E-state index contributed by atoms with van der Waals surface area (Å²) in [6, 6.07) is 2.24. The molecular formula is C17H20F2N2O3. The Hall–Kier alpha value is -2.02. The smallest absolute Gasteiger partial charge is 0.264 e. The third-order valence-electron chi connectivity index (χ3n) is 5.07. The van der Waals surface area contributed by atoms with Gasteiger partial charge in [0.1, 0.15) is 6.54 Å². The topological polar surface area (TPSA) is 72.6 Å². The predicted molar refractivity (Wildman–Crippen MR) is 83.2 cm³/mol. The van der Waals surface area contributed by atoms with Crippen LogP contribution >= 0.6 is 0 Å². The molecule has 0 radical (unpaired) electrons. The van der Waals surface area contributed by atoms with Gasteiger partial charge in [0.05, 0.1) is 11.3 Å². The number of primary amides is 1. The fourth-order valence-corrected chi connectivity index (χ4v) is 3.98. The van der Waals surface area contributed by atoms with Gasteiger partial charge in [0.15, 0.2) is 17.2 Å². The number of nitrogens with zero attached hydrogens (tertiary/aromatic N) is 1. The standard InChI is InChI=1S/C17H20F2N2O3/c1-24-17(8-10-4-2-3-5-10)14-12(7-6-11(18)15(14)19)21(16(17)23)9-13(20)22/h6-7,10H,2-5,8-9H2,1H3,(H2,20,22)/t17-/m0/s1. The molecule has 1 aromatic carbocycles. The van der Waals surface area contributed by atoms with E-state index < -0.39 is 35.6 Å². The molecule has 24 heavy (non-hydrogen) atoms. The Bertz CT molecular complexity index is 689. The first kappa shape index (κ1) is 16.8. The van der Waals surface area contributed by atoms with Crippen LogP contribution in [0.5, 0.6) is 0 Å². The first-order valence-corrected chi connectivity index (χ1v) is 8.04. The number of hydrogen-bond acceptors (Lipinski definition) is 3. The minimum Gasteiger partial charge on any atom is -0.368 e. The number of carbonyl (C=O) groups excluding carboxylic acids is 2. The number of hydrogen-bond donors (Lipinski definition) is 1. The van der Waals surface area contributed by atoms with Crippen LogP contribution in [0.3, 0.4) is 0 Å². The van der Waals surface area contributed by atoms with Crippen molar-refractivity contribution < 1.29 is 23.1 Å². The Labute approximate surface area is 138 Å². The molecule has 1 atom stereocenters. The van der Waals surface area contributed by atoms with Crippen molar-refractivity contribution in [3.05, 3.63) is 29.3 Å². The molecule has 7 heteroatoms. The van der Waals surface area contributed by atoms with Crippen LogP contribution in [0.1, 0.15) is 37.7 Å². The van der Waals surface area contributed by atoms with Crippen LogP contribution < -0.4 is 10.6 Å². The lowest BCUT2D eigenvalue weighted by Crippen LogP contribution is -2.45. The molecule has 2 amide bonds. The van der Waals surface area contributed by atoms with Crippen molar-refractivity contribution >= 4 is 17.5 Å². The summed E-state index contributed by atoms with van der Waals surface area (Å²) in [5.74, 6) is -3.25. The molecule has 2 aliphatic rings. The molecule has 1 aromatic rings. The second-order valence-electron chi connectivity index (χ2n) is 6.50. The van der Waals surface area contributed by atoms with Gasteiger partial charge >= 0.3 is 0 Å². The van der Waals surface area contributed by atoms with Crippen LogP contribution in [-0.2, 0) is 19.9 Å². The summed E-state index contributed by atoms with van der Waals surface area (Å²) in [6.45, 7) is -0.396. The number of halogens is 2. The van der Waals surface area contributed by atoms with Crippen LogP contribution in [-0.4, -0.2) is 25.5 Å². The van der Waals surface area contributed by atoms with Crippen LogP contribution in [0.15, 0.2) is 12.1 Å². The molecule has 3 rings (SSSR count). The van der Waals surface area contributed by atoms with Crippen molar-refractivity contribution in [2.45, 2.75) is 37.7 Å². The molecule has 1 aliphatic heterocycles. The molecule has 0 spiro atoms. The van der Waals surface area contributed by atoms with E-state index in [0.29, 0.717) is 0 Å². The van der Waals surface area contributed by atoms with Crippen LogP contribution in [0.2, 0.25) is 0 Å². The van der Waals surface area contributed by atoms with Gasteiger partial charge < -0.3 is 10.5 Å². The van der Waals surface area contributed by atoms with E-state index >= 15 is 0 Å². The number of nitrogens with two attached hydrogens (primary N) is 1. The zero-order valence-electron chi connectivity index (χ0n) is 13.5. The number of rotatable bonds is 5. The maximum atomic E-state index is 14.6. The number of anilines is 1. The molecule has 0 bridgehead atoms. The Kier molecular flexibility index (Phi) is 4.29. The number of carbonyl (C=O) groups is 2. The van der Waals surface area contributed by atoms with Gasteiger partial charge in [-0.1, -0.05) is 25.7 Å². The summed E-state index contributed by atoms with van der Waals surface area (Å²) < 4.78 is 33.9. The zero-order chi connectivity index (χ0) is 17.5. The van der Waals surface area contributed by atoms with Gasteiger partial charge in [-0.2, -0.15) is 0 Å². The van der Waals surface area contributed by atoms with E-state index in [4.69, 9.17) is 10.5 Å². The van der Waals surface area contributed by atoms with E-state index in [2.05, 4.69) is 0 Å². The first-order chi connectivity index (χ1) is 11.4. The fourth-order valence-electron chi connectivity index (χ4n) is 3.98. The monoisotopic (exact) mass is 338 g/mol. The molecule has 2 N–H and O–H groups in total. The van der Waals surface area contributed by atoms with Gasteiger partial charge in [-0.25, -0.2) is 8.78 Å². The number of fused-ring (bicyclic) bond motifs is 1. The molecule has 1 heterocycles. The van der Waals surface area contributed by atoms with Crippen molar-refractivity contribution in [1.82, 2.24) is 0 Å². The lowest BCUT2D eigenvalue weighted by atomic mass is 9.84.